The Hall–Kier alpha value is -0.210. The monoisotopic (exact) mass is 224 g/mol. The molecule has 4 heteroatoms. The fourth-order valence-electron chi connectivity index (χ4n) is 0.576. The molecular weight excluding hydrogens is 211 g/mol. The van der Waals surface area contributed by atoms with Crippen LogP contribution in [-0.4, -0.2) is 16.9 Å². The van der Waals surface area contributed by atoms with Crippen molar-refractivity contribution < 1.29 is 9.53 Å². The minimum atomic E-state index is -1.25. The van der Waals surface area contributed by atoms with E-state index >= 15 is 0 Å². The molecule has 0 heterocycles. The van der Waals surface area contributed by atoms with Crippen molar-refractivity contribution >= 4 is 29.2 Å². The molecule has 0 fully saturated rings. The number of rotatable bonds is 5. The standard InChI is InChI=1S/C9H14Cl2O2/c1-4-5-6-13-8(12)7(2)9(3,10)11/h2,4-6H2,1,3H3. The zero-order chi connectivity index (χ0) is 10.5. The van der Waals surface area contributed by atoms with Crippen molar-refractivity contribution in [3.8, 4) is 0 Å². The molecule has 0 aromatic carbocycles. The van der Waals surface area contributed by atoms with Gasteiger partial charge in [0.05, 0.1) is 12.2 Å². The summed E-state index contributed by atoms with van der Waals surface area (Å²) in [5.41, 5.74) is 0.0759. The largest absolute Gasteiger partial charge is 0.462 e. The Morgan fingerprint density at radius 2 is 2.08 bits per heavy atom. The first-order chi connectivity index (χ1) is 5.89. The summed E-state index contributed by atoms with van der Waals surface area (Å²) >= 11 is 11.3. The van der Waals surface area contributed by atoms with Crippen LogP contribution < -0.4 is 0 Å². The molecule has 0 atom stereocenters. The van der Waals surface area contributed by atoms with Gasteiger partial charge in [-0.25, -0.2) is 4.79 Å². The molecule has 0 unspecified atom stereocenters. The third kappa shape index (κ3) is 5.17. The zero-order valence-electron chi connectivity index (χ0n) is 7.90. The van der Waals surface area contributed by atoms with Crippen LogP contribution in [0.2, 0.25) is 0 Å². The molecule has 0 aromatic heterocycles. The van der Waals surface area contributed by atoms with Gasteiger partial charge in [0.15, 0.2) is 0 Å². The Bertz CT molecular complexity index is 194. The van der Waals surface area contributed by atoms with E-state index in [1.807, 2.05) is 6.92 Å². The van der Waals surface area contributed by atoms with E-state index in [4.69, 9.17) is 27.9 Å². The molecule has 0 N–H and O–H groups in total. The van der Waals surface area contributed by atoms with Crippen LogP contribution in [0.3, 0.4) is 0 Å². The second-order valence-electron chi connectivity index (χ2n) is 2.86. The second-order valence-corrected chi connectivity index (χ2v) is 4.56. The van der Waals surface area contributed by atoms with E-state index in [1.54, 1.807) is 0 Å². The Kier molecular flexibility index (Phi) is 5.42. The number of ether oxygens (including phenoxy) is 1. The molecule has 0 rings (SSSR count). The lowest BCUT2D eigenvalue weighted by Crippen LogP contribution is -2.20. The lowest BCUT2D eigenvalue weighted by atomic mass is 10.2. The molecule has 0 saturated heterocycles. The first kappa shape index (κ1) is 12.8. The van der Waals surface area contributed by atoms with Gasteiger partial charge in [0.1, 0.15) is 4.33 Å². The molecule has 0 spiro atoms. The predicted molar refractivity (Wildman–Crippen MR) is 55.1 cm³/mol. The summed E-state index contributed by atoms with van der Waals surface area (Å²) in [7, 11) is 0. The first-order valence-electron chi connectivity index (χ1n) is 4.14. The van der Waals surface area contributed by atoms with E-state index in [1.165, 1.54) is 6.92 Å². The summed E-state index contributed by atoms with van der Waals surface area (Å²) in [6, 6.07) is 0. The molecule has 0 aliphatic heterocycles. The average molecular weight is 225 g/mol. The van der Waals surface area contributed by atoms with Crippen molar-refractivity contribution in [1.29, 1.82) is 0 Å². The highest BCUT2D eigenvalue weighted by atomic mass is 35.5. The van der Waals surface area contributed by atoms with Crippen LogP contribution in [0.4, 0.5) is 0 Å². The van der Waals surface area contributed by atoms with Gasteiger partial charge in [-0.3, -0.25) is 0 Å². The first-order valence-corrected chi connectivity index (χ1v) is 4.89. The normalized spacial score (nSPS) is 11.1. The fourth-order valence-corrected chi connectivity index (χ4v) is 0.730. The topological polar surface area (TPSA) is 26.3 Å². The average Bonchev–Trinajstić information content (AvgIpc) is 2.01. The highest BCUT2D eigenvalue weighted by molar-refractivity contribution is 6.51. The highest BCUT2D eigenvalue weighted by Crippen LogP contribution is 2.28. The van der Waals surface area contributed by atoms with Crippen LogP contribution in [0.1, 0.15) is 26.7 Å². The number of esters is 1. The number of unbranched alkanes of at least 4 members (excludes halogenated alkanes) is 1. The number of hydrogen-bond donors (Lipinski definition) is 0. The maximum absolute atomic E-state index is 11.2. The van der Waals surface area contributed by atoms with Crippen molar-refractivity contribution in [2.24, 2.45) is 0 Å². The summed E-state index contributed by atoms with van der Waals surface area (Å²) in [6.45, 7) is 7.35. The molecule has 0 aromatic rings. The summed E-state index contributed by atoms with van der Waals surface area (Å²) in [6.07, 6.45) is 1.80. The molecule has 76 valence electrons. The number of carbonyl (C=O) groups excluding carboxylic acids is 1. The predicted octanol–water partition coefficient (Wildman–Crippen LogP) is 3.08. The second kappa shape index (κ2) is 5.51. The summed E-state index contributed by atoms with van der Waals surface area (Å²) in [4.78, 5) is 11.2. The highest BCUT2D eigenvalue weighted by Gasteiger charge is 2.27. The van der Waals surface area contributed by atoms with E-state index < -0.39 is 10.3 Å². The van der Waals surface area contributed by atoms with Crippen LogP contribution in [0.25, 0.3) is 0 Å². The molecule has 0 bridgehead atoms. The maximum atomic E-state index is 11.2. The van der Waals surface area contributed by atoms with Crippen molar-refractivity contribution in [3.05, 3.63) is 12.2 Å². The molecular formula is C9H14Cl2O2. The third-order valence-electron chi connectivity index (χ3n) is 1.51. The number of hydrogen-bond acceptors (Lipinski definition) is 2. The summed E-state index contributed by atoms with van der Waals surface area (Å²) < 4.78 is 3.62. The zero-order valence-corrected chi connectivity index (χ0v) is 9.41. The fraction of sp³-hybridized carbons (Fsp3) is 0.667. The van der Waals surface area contributed by atoms with Crippen molar-refractivity contribution in [3.63, 3.8) is 0 Å². The Morgan fingerprint density at radius 3 is 2.46 bits per heavy atom. The summed E-state index contributed by atoms with van der Waals surface area (Å²) in [5.74, 6) is -0.527. The number of carbonyl (C=O) groups is 1. The van der Waals surface area contributed by atoms with Crippen LogP contribution in [0.5, 0.6) is 0 Å². The van der Waals surface area contributed by atoms with E-state index in [-0.39, 0.29) is 5.57 Å². The van der Waals surface area contributed by atoms with Gasteiger partial charge < -0.3 is 4.74 Å². The Morgan fingerprint density at radius 1 is 1.54 bits per heavy atom. The van der Waals surface area contributed by atoms with Gasteiger partial charge in [0.25, 0.3) is 0 Å². The van der Waals surface area contributed by atoms with E-state index in [0.29, 0.717) is 6.61 Å². The Balaban J connectivity index is 3.92. The van der Waals surface area contributed by atoms with Gasteiger partial charge in [0.2, 0.25) is 0 Å². The van der Waals surface area contributed by atoms with Gasteiger partial charge in [-0.05, 0) is 13.3 Å². The minimum absolute atomic E-state index is 0.0759. The van der Waals surface area contributed by atoms with Gasteiger partial charge in [0, 0.05) is 0 Å². The van der Waals surface area contributed by atoms with Crippen molar-refractivity contribution in [1.82, 2.24) is 0 Å². The minimum Gasteiger partial charge on any atom is -0.462 e. The van der Waals surface area contributed by atoms with Gasteiger partial charge >= 0.3 is 5.97 Å². The molecule has 2 nitrogen and oxygen atoms in total. The van der Waals surface area contributed by atoms with Gasteiger partial charge in [-0.1, -0.05) is 43.1 Å². The summed E-state index contributed by atoms with van der Waals surface area (Å²) in [5, 5.41) is 0. The van der Waals surface area contributed by atoms with E-state index in [0.717, 1.165) is 12.8 Å². The number of alkyl halides is 2. The van der Waals surface area contributed by atoms with Crippen LogP contribution >= 0.6 is 23.2 Å². The quantitative estimate of drug-likeness (QED) is 0.311. The molecule has 0 aliphatic rings. The lowest BCUT2D eigenvalue weighted by Gasteiger charge is -2.15. The molecule has 0 amide bonds. The van der Waals surface area contributed by atoms with Crippen LogP contribution in [0.15, 0.2) is 12.2 Å². The molecule has 0 radical (unpaired) electrons. The van der Waals surface area contributed by atoms with E-state index in [2.05, 4.69) is 6.58 Å². The lowest BCUT2D eigenvalue weighted by molar-refractivity contribution is -0.139. The maximum Gasteiger partial charge on any atom is 0.336 e. The van der Waals surface area contributed by atoms with Crippen LogP contribution in [-0.2, 0) is 9.53 Å². The van der Waals surface area contributed by atoms with Gasteiger partial charge in [-0.15, -0.1) is 0 Å². The Labute approximate surface area is 88.9 Å². The van der Waals surface area contributed by atoms with Crippen molar-refractivity contribution in [2.45, 2.75) is 31.0 Å². The van der Waals surface area contributed by atoms with Crippen molar-refractivity contribution in [2.75, 3.05) is 6.61 Å². The van der Waals surface area contributed by atoms with Crippen LogP contribution in [0, 0.1) is 0 Å². The van der Waals surface area contributed by atoms with Gasteiger partial charge in [-0.2, -0.15) is 0 Å². The van der Waals surface area contributed by atoms with E-state index in [9.17, 15) is 4.79 Å². The third-order valence-corrected chi connectivity index (χ3v) is 1.96. The SMILES string of the molecule is C=C(C(=O)OCCCC)C(C)(Cl)Cl. The number of halogens is 2. The molecule has 0 aliphatic carbocycles. The molecule has 0 saturated carbocycles. The smallest absolute Gasteiger partial charge is 0.336 e. The molecule has 13 heavy (non-hydrogen) atoms.